The van der Waals surface area contributed by atoms with Crippen molar-refractivity contribution in [2.24, 2.45) is 0 Å². The summed E-state index contributed by atoms with van der Waals surface area (Å²) >= 11 is 5.63. The summed E-state index contributed by atoms with van der Waals surface area (Å²) in [6, 6.07) is 3.77. The predicted molar refractivity (Wildman–Crippen MR) is 60.0 cm³/mol. The van der Waals surface area contributed by atoms with Crippen LogP contribution in [0.2, 0.25) is 5.02 Å². The fraction of sp³-hybridized carbons (Fsp3) is 0.364. The Bertz CT molecular complexity index is 398. The molecule has 0 radical (unpaired) electrons. The Morgan fingerprint density at radius 2 is 2.25 bits per heavy atom. The molecule has 0 spiro atoms. The van der Waals surface area contributed by atoms with Crippen molar-refractivity contribution >= 4 is 17.6 Å². The molecule has 0 saturated heterocycles. The molecule has 16 heavy (non-hydrogen) atoms. The van der Waals surface area contributed by atoms with Crippen LogP contribution in [-0.4, -0.2) is 29.1 Å². The molecule has 0 aromatic heterocycles. The Balaban J connectivity index is 2.73. The zero-order chi connectivity index (χ0) is 12.3. The summed E-state index contributed by atoms with van der Waals surface area (Å²) in [6.07, 6.45) is 0. The third-order valence-electron chi connectivity index (χ3n) is 2.43. The van der Waals surface area contributed by atoms with E-state index in [1.165, 1.54) is 12.1 Å². The maximum Gasteiger partial charge on any atom is 0.320 e. The summed E-state index contributed by atoms with van der Waals surface area (Å²) in [5, 5.41) is 8.85. The molecule has 5 heteroatoms. The Morgan fingerprint density at radius 1 is 1.62 bits per heavy atom. The van der Waals surface area contributed by atoms with Gasteiger partial charge in [0.05, 0.1) is 5.02 Å². The summed E-state index contributed by atoms with van der Waals surface area (Å²) in [4.78, 5) is 12.4. The first-order chi connectivity index (χ1) is 7.41. The third kappa shape index (κ3) is 3.18. The van der Waals surface area contributed by atoms with Crippen molar-refractivity contribution in [3.05, 3.63) is 34.6 Å². The number of likely N-dealkylation sites (N-methyl/N-ethyl adjacent to an activating group) is 1. The highest BCUT2D eigenvalue weighted by molar-refractivity contribution is 6.30. The van der Waals surface area contributed by atoms with Crippen molar-refractivity contribution in [1.82, 2.24) is 4.90 Å². The number of nitrogens with zero attached hydrogens (tertiary/aromatic N) is 1. The van der Waals surface area contributed by atoms with Crippen LogP contribution in [0.3, 0.4) is 0 Å². The molecule has 1 aromatic rings. The molecule has 0 amide bonds. The van der Waals surface area contributed by atoms with E-state index in [0.29, 0.717) is 6.54 Å². The lowest BCUT2D eigenvalue weighted by Gasteiger charge is -2.21. The van der Waals surface area contributed by atoms with E-state index < -0.39 is 17.8 Å². The molecule has 1 N–H and O–H groups in total. The maximum atomic E-state index is 12.9. The fourth-order valence-electron chi connectivity index (χ4n) is 1.25. The van der Waals surface area contributed by atoms with Crippen LogP contribution in [0.15, 0.2) is 18.2 Å². The highest BCUT2D eigenvalue weighted by Crippen LogP contribution is 2.17. The summed E-state index contributed by atoms with van der Waals surface area (Å²) in [7, 11) is 1.69. The Morgan fingerprint density at radius 3 is 2.75 bits per heavy atom. The van der Waals surface area contributed by atoms with Crippen molar-refractivity contribution in [3.8, 4) is 0 Å². The predicted octanol–water partition coefficient (Wildman–Crippen LogP) is 2.38. The molecule has 0 aliphatic rings. The summed E-state index contributed by atoms with van der Waals surface area (Å²) in [5.41, 5.74) is 0.780. The zero-order valence-corrected chi connectivity index (χ0v) is 9.83. The second kappa shape index (κ2) is 5.27. The van der Waals surface area contributed by atoms with Crippen LogP contribution in [0.5, 0.6) is 0 Å². The van der Waals surface area contributed by atoms with Crippen molar-refractivity contribution in [2.45, 2.75) is 19.5 Å². The number of carboxylic acid groups (broad SMARTS) is 1. The molecule has 0 saturated carbocycles. The molecule has 1 atom stereocenters. The SMILES string of the molecule is CC(C(=O)O)N(C)Cc1ccc(F)c(Cl)c1. The second-order valence-electron chi connectivity index (χ2n) is 3.68. The Labute approximate surface area is 98.4 Å². The lowest BCUT2D eigenvalue weighted by atomic mass is 10.2. The van der Waals surface area contributed by atoms with E-state index in [1.807, 2.05) is 0 Å². The highest BCUT2D eigenvalue weighted by Gasteiger charge is 2.16. The first-order valence-corrected chi connectivity index (χ1v) is 5.16. The molecule has 0 aliphatic heterocycles. The average Bonchev–Trinajstić information content (AvgIpc) is 2.22. The molecular formula is C11H13ClFNO2. The van der Waals surface area contributed by atoms with Crippen molar-refractivity contribution < 1.29 is 14.3 Å². The van der Waals surface area contributed by atoms with Gasteiger partial charge in [-0.15, -0.1) is 0 Å². The number of rotatable bonds is 4. The van der Waals surface area contributed by atoms with E-state index in [2.05, 4.69) is 0 Å². The molecular weight excluding hydrogens is 233 g/mol. The smallest absolute Gasteiger partial charge is 0.320 e. The van der Waals surface area contributed by atoms with Crippen molar-refractivity contribution in [1.29, 1.82) is 0 Å². The maximum absolute atomic E-state index is 12.9. The van der Waals surface area contributed by atoms with Crippen LogP contribution in [0.4, 0.5) is 4.39 Å². The minimum Gasteiger partial charge on any atom is -0.480 e. The van der Waals surface area contributed by atoms with Crippen LogP contribution >= 0.6 is 11.6 Å². The summed E-state index contributed by atoms with van der Waals surface area (Å²) in [6.45, 7) is 2.00. The zero-order valence-electron chi connectivity index (χ0n) is 9.08. The van der Waals surface area contributed by atoms with Gasteiger partial charge in [-0.3, -0.25) is 9.69 Å². The minimum atomic E-state index is -0.893. The summed E-state index contributed by atoms with van der Waals surface area (Å²) in [5.74, 6) is -1.37. The first kappa shape index (κ1) is 12.9. The molecule has 0 aliphatic carbocycles. The van der Waals surface area contributed by atoms with E-state index in [-0.39, 0.29) is 5.02 Å². The molecule has 88 valence electrons. The van der Waals surface area contributed by atoms with Gasteiger partial charge in [-0.25, -0.2) is 4.39 Å². The van der Waals surface area contributed by atoms with Gasteiger partial charge in [0.1, 0.15) is 11.9 Å². The van der Waals surface area contributed by atoms with Crippen LogP contribution in [0.25, 0.3) is 0 Å². The van der Waals surface area contributed by atoms with Crippen LogP contribution in [-0.2, 0) is 11.3 Å². The number of hydrogen-bond acceptors (Lipinski definition) is 2. The summed E-state index contributed by atoms with van der Waals surface area (Å²) < 4.78 is 12.9. The number of halogens is 2. The van der Waals surface area contributed by atoms with Gasteiger partial charge < -0.3 is 5.11 Å². The van der Waals surface area contributed by atoms with Gasteiger partial charge in [-0.1, -0.05) is 17.7 Å². The van der Waals surface area contributed by atoms with Crippen molar-refractivity contribution in [3.63, 3.8) is 0 Å². The van der Waals surface area contributed by atoms with Gasteiger partial charge in [0.2, 0.25) is 0 Å². The quantitative estimate of drug-likeness (QED) is 0.886. The highest BCUT2D eigenvalue weighted by atomic mass is 35.5. The van der Waals surface area contributed by atoms with E-state index in [9.17, 15) is 9.18 Å². The van der Waals surface area contributed by atoms with E-state index >= 15 is 0 Å². The number of benzene rings is 1. The van der Waals surface area contributed by atoms with E-state index in [0.717, 1.165) is 5.56 Å². The van der Waals surface area contributed by atoms with Gasteiger partial charge in [-0.2, -0.15) is 0 Å². The standard InChI is InChI=1S/C11H13ClFNO2/c1-7(11(15)16)14(2)6-8-3-4-10(13)9(12)5-8/h3-5,7H,6H2,1-2H3,(H,15,16). The molecule has 0 heterocycles. The lowest BCUT2D eigenvalue weighted by molar-refractivity contribution is -0.142. The van der Waals surface area contributed by atoms with Gasteiger partial charge in [-0.05, 0) is 31.7 Å². The topological polar surface area (TPSA) is 40.5 Å². The normalized spacial score (nSPS) is 12.8. The largest absolute Gasteiger partial charge is 0.480 e. The Kier molecular flexibility index (Phi) is 4.26. The minimum absolute atomic E-state index is 0.0499. The number of hydrogen-bond donors (Lipinski definition) is 1. The number of carbonyl (C=O) groups is 1. The van der Waals surface area contributed by atoms with Gasteiger partial charge in [0.15, 0.2) is 0 Å². The molecule has 1 unspecified atom stereocenters. The van der Waals surface area contributed by atoms with E-state index in [4.69, 9.17) is 16.7 Å². The first-order valence-electron chi connectivity index (χ1n) is 4.78. The average molecular weight is 246 g/mol. The molecule has 3 nitrogen and oxygen atoms in total. The van der Waals surface area contributed by atoms with E-state index in [1.54, 1.807) is 24.9 Å². The van der Waals surface area contributed by atoms with Gasteiger partial charge >= 0.3 is 5.97 Å². The third-order valence-corrected chi connectivity index (χ3v) is 2.72. The second-order valence-corrected chi connectivity index (χ2v) is 4.08. The molecule has 1 rings (SSSR count). The Hall–Kier alpha value is -1.13. The fourth-order valence-corrected chi connectivity index (χ4v) is 1.45. The lowest BCUT2D eigenvalue weighted by Crippen LogP contribution is -2.35. The molecule has 0 fully saturated rings. The van der Waals surface area contributed by atoms with Gasteiger partial charge in [0.25, 0.3) is 0 Å². The van der Waals surface area contributed by atoms with Crippen LogP contribution in [0.1, 0.15) is 12.5 Å². The van der Waals surface area contributed by atoms with Crippen LogP contribution in [0, 0.1) is 5.82 Å². The van der Waals surface area contributed by atoms with Crippen LogP contribution < -0.4 is 0 Å². The monoisotopic (exact) mass is 245 g/mol. The molecule has 1 aromatic carbocycles. The number of aliphatic carboxylic acids is 1. The number of carboxylic acids is 1. The molecule has 0 bridgehead atoms. The van der Waals surface area contributed by atoms with Gasteiger partial charge in [0, 0.05) is 6.54 Å². The van der Waals surface area contributed by atoms with Crippen molar-refractivity contribution in [2.75, 3.05) is 7.05 Å².